The van der Waals surface area contributed by atoms with E-state index in [-0.39, 0.29) is 0 Å². The van der Waals surface area contributed by atoms with E-state index in [2.05, 4.69) is 18.8 Å². The molecule has 4 nitrogen and oxygen atoms in total. The molecule has 1 aromatic heterocycles. The van der Waals surface area contributed by atoms with Crippen LogP contribution in [0.3, 0.4) is 0 Å². The van der Waals surface area contributed by atoms with Gasteiger partial charge in [-0.25, -0.2) is 0 Å². The molecule has 0 saturated carbocycles. The fourth-order valence-corrected chi connectivity index (χ4v) is 1.92. The second-order valence-corrected chi connectivity index (χ2v) is 5.57. The second-order valence-electron chi connectivity index (χ2n) is 5.57. The number of pyridine rings is 1. The Kier molecular flexibility index (Phi) is 4.68. The molecule has 2 N–H and O–H groups in total. The van der Waals surface area contributed by atoms with Gasteiger partial charge in [-0.05, 0) is 37.0 Å². The maximum atomic E-state index is 5.90. The van der Waals surface area contributed by atoms with Crippen LogP contribution in [0.15, 0.2) is 30.3 Å². The minimum Gasteiger partial charge on any atom is -0.476 e. The lowest BCUT2D eigenvalue weighted by Crippen LogP contribution is -2.08. The van der Waals surface area contributed by atoms with Crippen LogP contribution in [0.4, 0.5) is 5.69 Å². The maximum absolute atomic E-state index is 5.90. The lowest BCUT2D eigenvalue weighted by atomic mass is 10.1. The highest BCUT2D eigenvalue weighted by Gasteiger charge is 2.10. The number of hydrogen-bond donors (Lipinski definition) is 1. The van der Waals surface area contributed by atoms with Crippen molar-refractivity contribution in [2.45, 2.75) is 27.7 Å². The number of ether oxygens (including phenoxy) is 2. The van der Waals surface area contributed by atoms with Gasteiger partial charge in [0.05, 0.1) is 12.3 Å². The first kappa shape index (κ1) is 15.2. The summed E-state index contributed by atoms with van der Waals surface area (Å²) in [5.41, 5.74) is 8.54. The van der Waals surface area contributed by atoms with Gasteiger partial charge < -0.3 is 15.2 Å². The van der Waals surface area contributed by atoms with Crippen molar-refractivity contribution in [1.82, 2.24) is 4.98 Å². The van der Waals surface area contributed by atoms with Crippen molar-refractivity contribution in [2.75, 3.05) is 12.3 Å². The van der Waals surface area contributed by atoms with E-state index in [9.17, 15) is 0 Å². The quantitative estimate of drug-likeness (QED) is 0.898. The zero-order valence-electron chi connectivity index (χ0n) is 13.0. The van der Waals surface area contributed by atoms with E-state index in [1.54, 1.807) is 12.1 Å². The molecule has 1 heterocycles. The molecular formula is C17H22N2O2. The van der Waals surface area contributed by atoms with Gasteiger partial charge in [-0.15, -0.1) is 0 Å². The summed E-state index contributed by atoms with van der Waals surface area (Å²) in [7, 11) is 0. The Morgan fingerprint density at radius 1 is 1.10 bits per heavy atom. The van der Waals surface area contributed by atoms with E-state index < -0.39 is 0 Å². The second kappa shape index (κ2) is 6.48. The molecule has 0 unspecified atom stereocenters. The van der Waals surface area contributed by atoms with Crippen LogP contribution in [-0.4, -0.2) is 11.6 Å². The molecule has 0 spiro atoms. The molecule has 21 heavy (non-hydrogen) atoms. The third-order valence-corrected chi connectivity index (χ3v) is 3.03. The fourth-order valence-electron chi connectivity index (χ4n) is 1.92. The van der Waals surface area contributed by atoms with Crippen molar-refractivity contribution in [2.24, 2.45) is 5.92 Å². The Morgan fingerprint density at radius 2 is 1.76 bits per heavy atom. The Bertz CT molecular complexity index is 604. The van der Waals surface area contributed by atoms with Gasteiger partial charge in [0, 0.05) is 6.07 Å². The Morgan fingerprint density at radius 3 is 2.38 bits per heavy atom. The van der Waals surface area contributed by atoms with Gasteiger partial charge in [-0.2, -0.15) is 4.98 Å². The summed E-state index contributed by atoms with van der Waals surface area (Å²) in [6.45, 7) is 8.75. The van der Waals surface area contributed by atoms with Crippen molar-refractivity contribution in [1.29, 1.82) is 0 Å². The molecule has 0 saturated heterocycles. The van der Waals surface area contributed by atoms with Gasteiger partial charge in [0.1, 0.15) is 5.75 Å². The van der Waals surface area contributed by atoms with Crippen molar-refractivity contribution >= 4 is 5.69 Å². The third-order valence-electron chi connectivity index (χ3n) is 3.03. The maximum Gasteiger partial charge on any atom is 0.240 e. The zero-order chi connectivity index (χ0) is 15.4. The van der Waals surface area contributed by atoms with Crippen LogP contribution in [0, 0.1) is 19.8 Å². The summed E-state index contributed by atoms with van der Waals surface area (Å²) < 4.78 is 11.5. The normalized spacial score (nSPS) is 10.7. The number of aryl methyl sites for hydroxylation is 2. The first-order valence-electron chi connectivity index (χ1n) is 7.10. The van der Waals surface area contributed by atoms with Crippen LogP contribution < -0.4 is 15.2 Å². The molecule has 112 valence electrons. The zero-order valence-corrected chi connectivity index (χ0v) is 13.0. The van der Waals surface area contributed by atoms with Crippen molar-refractivity contribution in [3.05, 3.63) is 41.5 Å². The SMILES string of the molecule is Cc1cccc(C)c1Oc1ccc(N)c(OCC(C)C)n1. The molecular weight excluding hydrogens is 264 g/mol. The van der Waals surface area contributed by atoms with E-state index in [1.165, 1.54) is 0 Å². The lowest BCUT2D eigenvalue weighted by molar-refractivity contribution is 0.260. The molecule has 0 atom stereocenters. The number of benzene rings is 1. The summed E-state index contributed by atoms with van der Waals surface area (Å²) in [5, 5.41) is 0. The number of para-hydroxylation sites is 1. The monoisotopic (exact) mass is 286 g/mol. The molecule has 0 fully saturated rings. The van der Waals surface area contributed by atoms with Gasteiger partial charge in [0.25, 0.3) is 0 Å². The van der Waals surface area contributed by atoms with Crippen LogP contribution in [0.2, 0.25) is 0 Å². The van der Waals surface area contributed by atoms with Crippen LogP contribution in [0.25, 0.3) is 0 Å². The largest absolute Gasteiger partial charge is 0.476 e. The summed E-state index contributed by atoms with van der Waals surface area (Å²) >= 11 is 0. The highest BCUT2D eigenvalue weighted by molar-refractivity contribution is 5.50. The molecule has 1 aromatic carbocycles. The molecule has 0 aliphatic rings. The third kappa shape index (κ3) is 3.88. The van der Waals surface area contributed by atoms with Crippen molar-refractivity contribution in [3.63, 3.8) is 0 Å². The first-order valence-corrected chi connectivity index (χ1v) is 7.10. The van der Waals surface area contributed by atoms with Crippen LogP contribution in [-0.2, 0) is 0 Å². The highest BCUT2D eigenvalue weighted by Crippen LogP contribution is 2.30. The summed E-state index contributed by atoms with van der Waals surface area (Å²) in [6.07, 6.45) is 0. The molecule has 2 aromatic rings. The predicted octanol–water partition coefficient (Wildman–Crippen LogP) is 4.11. The minimum absolute atomic E-state index is 0.411. The number of anilines is 1. The molecule has 0 aliphatic heterocycles. The minimum atomic E-state index is 0.411. The number of nitrogens with zero attached hydrogens (tertiary/aromatic N) is 1. The van der Waals surface area contributed by atoms with E-state index in [4.69, 9.17) is 15.2 Å². The predicted molar refractivity (Wildman–Crippen MR) is 85.0 cm³/mol. The Hall–Kier alpha value is -2.23. The number of rotatable bonds is 5. The molecule has 4 heteroatoms. The van der Waals surface area contributed by atoms with E-state index >= 15 is 0 Å². The van der Waals surface area contributed by atoms with Crippen LogP contribution in [0.5, 0.6) is 17.5 Å². The molecule has 0 aliphatic carbocycles. The van der Waals surface area contributed by atoms with E-state index in [0.29, 0.717) is 30.0 Å². The van der Waals surface area contributed by atoms with Gasteiger partial charge in [-0.1, -0.05) is 32.0 Å². The standard InChI is InChI=1S/C17H22N2O2/c1-11(2)10-20-17-14(18)8-9-15(19-17)21-16-12(3)6-5-7-13(16)4/h5-9,11H,10,18H2,1-4H3. The number of aromatic nitrogens is 1. The molecule has 0 radical (unpaired) electrons. The summed E-state index contributed by atoms with van der Waals surface area (Å²) in [4.78, 5) is 4.35. The van der Waals surface area contributed by atoms with Crippen LogP contribution >= 0.6 is 0 Å². The van der Waals surface area contributed by atoms with Crippen molar-refractivity contribution < 1.29 is 9.47 Å². The highest BCUT2D eigenvalue weighted by atomic mass is 16.5. The van der Waals surface area contributed by atoms with Gasteiger partial charge in [-0.3, -0.25) is 0 Å². The van der Waals surface area contributed by atoms with Gasteiger partial charge >= 0.3 is 0 Å². The summed E-state index contributed by atoms with van der Waals surface area (Å²) in [6, 6.07) is 9.53. The van der Waals surface area contributed by atoms with Crippen molar-refractivity contribution in [3.8, 4) is 17.5 Å². The number of nitrogen functional groups attached to an aromatic ring is 1. The summed E-state index contributed by atoms with van der Waals surface area (Å²) in [5.74, 6) is 2.15. The number of nitrogens with two attached hydrogens (primary N) is 1. The molecule has 0 amide bonds. The lowest BCUT2D eigenvalue weighted by Gasteiger charge is -2.13. The van der Waals surface area contributed by atoms with Gasteiger partial charge in [0.2, 0.25) is 11.8 Å². The van der Waals surface area contributed by atoms with E-state index in [1.807, 2.05) is 32.0 Å². The first-order chi connectivity index (χ1) is 9.97. The average molecular weight is 286 g/mol. The Balaban J connectivity index is 2.23. The molecule has 0 bridgehead atoms. The van der Waals surface area contributed by atoms with Crippen LogP contribution in [0.1, 0.15) is 25.0 Å². The average Bonchev–Trinajstić information content (AvgIpc) is 2.43. The Labute approximate surface area is 125 Å². The number of hydrogen-bond acceptors (Lipinski definition) is 4. The van der Waals surface area contributed by atoms with E-state index in [0.717, 1.165) is 16.9 Å². The smallest absolute Gasteiger partial charge is 0.240 e. The van der Waals surface area contributed by atoms with Gasteiger partial charge in [0.15, 0.2) is 0 Å². The molecule has 2 rings (SSSR count). The topological polar surface area (TPSA) is 57.4 Å². The fraction of sp³-hybridized carbons (Fsp3) is 0.353.